The molecule has 0 spiro atoms. The first-order valence-corrected chi connectivity index (χ1v) is 7.62. The number of nitrogens with two attached hydrogens (primary N) is 2. The van der Waals surface area contributed by atoms with Crippen molar-refractivity contribution in [3.8, 4) is 0 Å². The summed E-state index contributed by atoms with van der Waals surface area (Å²) in [5.41, 5.74) is 9.03. The number of unbranched alkanes of at least 4 members (excludes halogenated alkanes) is 1. The molecular formula is C16H18F3N5O. The number of aromatic nitrogens is 2. The van der Waals surface area contributed by atoms with Crippen molar-refractivity contribution in [3.63, 3.8) is 0 Å². The number of alkyl halides is 3. The fraction of sp³-hybridized carbons (Fsp3) is 0.312. The molecule has 0 saturated heterocycles. The van der Waals surface area contributed by atoms with Crippen LogP contribution in [0.3, 0.4) is 0 Å². The third-order valence-electron chi connectivity index (χ3n) is 3.44. The van der Waals surface area contributed by atoms with Gasteiger partial charge >= 0.3 is 6.18 Å². The highest BCUT2D eigenvalue weighted by atomic mass is 19.4. The number of ketones is 1. The summed E-state index contributed by atoms with van der Waals surface area (Å²) in [6.45, 7) is 1.00. The number of carbonyl (C=O) groups excluding carboxylic acids is 1. The number of nitrogens with zero attached hydrogens (tertiary/aromatic N) is 2. The van der Waals surface area contributed by atoms with Gasteiger partial charge in [-0.3, -0.25) is 4.79 Å². The predicted octanol–water partition coefficient (Wildman–Crippen LogP) is 2.46. The Balaban J connectivity index is 2.38. The van der Waals surface area contributed by atoms with E-state index in [1.165, 1.54) is 24.4 Å². The molecule has 0 saturated carbocycles. The van der Waals surface area contributed by atoms with Gasteiger partial charge in [0, 0.05) is 12.7 Å². The molecule has 2 aromatic heterocycles. The van der Waals surface area contributed by atoms with Crippen molar-refractivity contribution in [1.29, 1.82) is 0 Å². The van der Waals surface area contributed by atoms with E-state index >= 15 is 0 Å². The van der Waals surface area contributed by atoms with E-state index in [4.69, 9.17) is 11.5 Å². The number of hydrogen-bond donors (Lipinski definition) is 3. The van der Waals surface area contributed by atoms with Crippen LogP contribution >= 0.6 is 0 Å². The minimum Gasteiger partial charge on any atom is -0.383 e. The molecule has 0 fully saturated rings. The fourth-order valence-electron chi connectivity index (χ4n) is 2.18. The topological polar surface area (TPSA) is 107 Å². The van der Waals surface area contributed by atoms with Gasteiger partial charge in [0.05, 0.1) is 11.1 Å². The second kappa shape index (κ2) is 7.93. The van der Waals surface area contributed by atoms with Crippen molar-refractivity contribution in [2.24, 2.45) is 5.73 Å². The minimum absolute atomic E-state index is 0.124. The van der Waals surface area contributed by atoms with E-state index in [9.17, 15) is 18.0 Å². The summed E-state index contributed by atoms with van der Waals surface area (Å²) in [4.78, 5) is 20.1. The van der Waals surface area contributed by atoms with Crippen molar-refractivity contribution in [2.45, 2.75) is 19.0 Å². The third kappa shape index (κ3) is 4.66. The second-order valence-electron chi connectivity index (χ2n) is 5.28. The zero-order valence-electron chi connectivity index (χ0n) is 13.3. The van der Waals surface area contributed by atoms with Crippen LogP contribution in [0.4, 0.5) is 24.8 Å². The van der Waals surface area contributed by atoms with Gasteiger partial charge in [-0.1, -0.05) is 0 Å². The number of nitrogen functional groups attached to an aromatic ring is 1. The molecule has 25 heavy (non-hydrogen) atoms. The lowest BCUT2D eigenvalue weighted by Gasteiger charge is -2.14. The molecule has 0 aromatic carbocycles. The molecule has 6 nitrogen and oxygen atoms in total. The SMILES string of the molecule is NCCCCNc1ccc(C(F)(F)F)c(C(=O)c2cccnc2N)n1. The zero-order valence-corrected chi connectivity index (χ0v) is 13.3. The first-order chi connectivity index (χ1) is 11.8. The van der Waals surface area contributed by atoms with Gasteiger partial charge < -0.3 is 16.8 Å². The Morgan fingerprint density at radius 2 is 1.96 bits per heavy atom. The molecule has 0 unspecified atom stereocenters. The molecule has 0 aliphatic rings. The van der Waals surface area contributed by atoms with Crippen LogP contribution in [0.25, 0.3) is 0 Å². The number of halogens is 3. The van der Waals surface area contributed by atoms with Gasteiger partial charge in [0.2, 0.25) is 5.78 Å². The van der Waals surface area contributed by atoms with Crippen LogP contribution < -0.4 is 16.8 Å². The molecule has 0 atom stereocenters. The van der Waals surface area contributed by atoms with Crippen LogP contribution in [0.2, 0.25) is 0 Å². The largest absolute Gasteiger partial charge is 0.418 e. The third-order valence-corrected chi connectivity index (χ3v) is 3.44. The average Bonchev–Trinajstić information content (AvgIpc) is 2.57. The maximum atomic E-state index is 13.2. The monoisotopic (exact) mass is 353 g/mol. The number of rotatable bonds is 7. The highest BCUT2D eigenvalue weighted by Crippen LogP contribution is 2.33. The van der Waals surface area contributed by atoms with Gasteiger partial charge in [-0.05, 0) is 43.7 Å². The van der Waals surface area contributed by atoms with Gasteiger partial charge in [-0.15, -0.1) is 0 Å². The van der Waals surface area contributed by atoms with Gasteiger partial charge in [-0.2, -0.15) is 13.2 Å². The average molecular weight is 353 g/mol. The first kappa shape index (κ1) is 18.7. The summed E-state index contributed by atoms with van der Waals surface area (Å²) in [5, 5.41) is 2.89. The number of pyridine rings is 2. The van der Waals surface area contributed by atoms with E-state index in [-0.39, 0.29) is 17.2 Å². The second-order valence-corrected chi connectivity index (χ2v) is 5.28. The summed E-state index contributed by atoms with van der Waals surface area (Å²) in [6, 6.07) is 4.76. The lowest BCUT2D eigenvalue weighted by atomic mass is 10.0. The Hall–Kier alpha value is -2.68. The van der Waals surface area contributed by atoms with E-state index in [0.717, 1.165) is 18.9 Å². The van der Waals surface area contributed by atoms with E-state index in [0.29, 0.717) is 13.1 Å². The lowest BCUT2D eigenvalue weighted by Crippen LogP contribution is -2.18. The van der Waals surface area contributed by atoms with Crippen LogP contribution in [-0.2, 0) is 6.18 Å². The number of anilines is 2. The number of carbonyl (C=O) groups is 1. The van der Waals surface area contributed by atoms with Crippen LogP contribution in [0.5, 0.6) is 0 Å². The summed E-state index contributed by atoms with van der Waals surface area (Å²) in [5.74, 6) is -0.900. The molecule has 0 amide bonds. The van der Waals surface area contributed by atoms with Crippen molar-refractivity contribution >= 4 is 17.4 Å². The standard InChI is InChI=1S/C16H18F3N5O/c17-16(18,19)11-5-6-12(22-8-2-1-7-20)24-13(11)14(25)10-4-3-9-23-15(10)21/h3-6,9H,1-2,7-8,20H2,(H2,21,23)(H,22,24). The summed E-state index contributed by atoms with van der Waals surface area (Å²) in [6.07, 6.45) is -1.86. The van der Waals surface area contributed by atoms with E-state index in [1.807, 2.05) is 0 Å². The quantitative estimate of drug-likeness (QED) is 0.521. The van der Waals surface area contributed by atoms with Crippen molar-refractivity contribution < 1.29 is 18.0 Å². The smallest absolute Gasteiger partial charge is 0.383 e. The summed E-state index contributed by atoms with van der Waals surface area (Å²) >= 11 is 0. The zero-order chi connectivity index (χ0) is 18.4. The van der Waals surface area contributed by atoms with Gasteiger partial charge in [0.15, 0.2) is 0 Å². The highest BCUT2D eigenvalue weighted by molar-refractivity contribution is 6.11. The number of hydrogen-bond acceptors (Lipinski definition) is 6. The first-order valence-electron chi connectivity index (χ1n) is 7.62. The van der Waals surface area contributed by atoms with Crippen LogP contribution in [0, 0.1) is 0 Å². The van der Waals surface area contributed by atoms with Crippen LogP contribution in [-0.4, -0.2) is 28.8 Å². The van der Waals surface area contributed by atoms with Crippen LogP contribution in [0.1, 0.15) is 34.5 Å². The molecule has 2 aromatic rings. The van der Waals surface area contributed by atoms with E-state index in [2.05, 4.69) is 15.3 Å². The van der Waals surface area contributed by atoms with Crippen molar-refractivity contribution in [3.05, 3.63) is 47.3 Å². The number of nitrogens with one attached hydrogen (secondary N) is 1. The van der Waals surface area contributed by atoms with Crippen molar-refractivity contribution in [1.82, 2.24) is 9.97 Å². The Bertz CT molecular complexity index is 749. The molecule has 0 radical (unpaired) electrons. The normalized spacial score (nSPS) is 11.4. The van der Waals surface area contributed by atoms with Crippen LogP contribution in [0.15, 0.2) is 30.5 Å². The predicted molar refractivity (Wildman–Crippen MR) is 88.1 cm³/mol. The molecule has 0 aliphatic heterocycles. The van der Waals surface area contributed by atoms with Crippen molar-refractivity contribution in [2.75, 3.05) is 24.1 Å². The molecule has 2 rings (SSSR count). The van der Waals surface area contributed by atoms with Gasteiger partial charge in [0.1, 0.15) is 17.3 Å². The van der Waals surface area contributed by atoms with Gasteiger partial charge in [-0.25, -0.2) is 9.97 Å². The van der Waals surface area contributed by atoms with Gasteiger partial charge in [0.25, 0.3) is 0 Å². The lowest BCUT2D eigenvalue weighted by molar-refractivity contribution is -0.138. The molecule has 2 heterocycles. The summed E-state index contributed by atoms with van der Waals surface area (Å²) < 4.78 is 39.7. The molecule has 0 aliphatic carbocycles. The molecule has 0 bridgehead atoms. The maximum Gasteiger partial charge on any atom is 0.418 e. The van der Waals surface area contributed by atoms with E-state index < -0.39 is 23.2 Å². The molecule has 9 heteroatoms. The summed E-state index contributed by atoms with van der Waals surface area (Å²) in [7, 11) is 0. The fourth-order valence-corrected chi connectivity index (χ4v) is 2.18. The Morgan fingerprint density at radius 3 is 2.60 bits per heavy atom. The highest BCUT2D eigenvalue weighted by Gasteiger charge is 2.37. The Kier molecular flexibility index (Phi) is 5.92. The Morgan fingerprint density at radius 1 is 1.20 bits per heavy atom. The molecule has 134 valence electrons. The Labute approximate surface area is 142 Å². The van der Waals surface area contributed by atoms with E-state index in [1.54, 1.807) is 0 Å². The minimum atomic E-state index is -4.72. The molecular weight excluding hydrogens is 335 g/mol. The maximum absolute atomic E-state index is 13.2. The molecule has 5 N–H and O–H groups in total.